The summed E-state index contributed by atoms with van der Waals surface area (Å²) < 4.78 is 5.13. The summed E-state index contributed by atoms with van der Waals surface area (Å²) in [4.78, 5) is 24.7. The van der Waals surface area contributed by atoms with Gasteiger partial charge in [-0.3, -0.25) is 0 Å². The van der Waals surface area contributed by atoms with Gasteiger partial charge >= 0.3 is 12.0 Å². The Kier molecular flexibility index (Phi) is 5.23. The maximum absolute atomic E-state index is 12.3. The van der Waals surface area contributed by atoms with Gasteiger partial charge < -0.3 is 20.1 Å². The molecule has 0 radical (unpaired) electrons. The fourth-order valence-corrected chi connectivity index (χ4v) is 3.12. The number of nitrogens with one attached hydrogen (secondary N) is 1. The molecular formula is C14H24N2O4. The Hall–Kier alpha value is -1.30. The fourth-order valence-electron chi connectivity index (χ4n) is 3.12. The molecule has 1 aliphatic carbocycles. The number of amides is 2. The van der Waals surface area contributed by atoms with Gasteiger partial charge in [-0.15, -0.1) is 0 Å². The molecule has 0 aromatic heterocycles. The van der Waals surface area contributed by atoms with E-state index in [1.165, 1.54) is 12.8 Å². The molecule has 114 valence electrons. The van der Waals surface area contributed by atoms with Crippen molar-refractivity contribution in [3.05, 3.63) is 0 Å². The first kappa shape index (κ1) is 15.1. The van der Waals surface area contributed by atoms with Crippen molar-refractivity contribution in [1.29, 1.82) is 0 Å². The number of morpholine rings is 1. The third-order valence-electron chi connectivity index (χ3n) is 4.37. The Morgan fingerprint density at radius 3 is 2.80 bits per heavy atom. The van der Waals surface area contributed by atoms with Gasteiger partial charge in [-0.2, -0.15) is 0 Å². The molecule has 1 saturated carbocycles. The van der Waals surface area contributed by atoms with E-state index in [-0.39, 0.29) is 25.2 Å². The van der Waals surface area contributed by atoms with Gasteiger partial charge in [-0.25, -0.2) is 9.59 Å². The summed E-state index contributed by atoms with van der Waals surface area (Å²) in [6.07, 6.45) is 4.76. The zero-order valence-corrected chi connectivity index (χ0v) is 12.0. The van der Waals surface area contributed by atoms with Crippen molar-refractivity contribution in [2.45, 2.75) is 51.2 Å². The minimum Gasteiger partial charge on any atom is -0.479 e. The lowest BCUT2D eigenvalue weighted by atomic mass is 9.83. The standard InChI is InChI=1S/C14H24N2O4/c1-2-10-5-3-4-6-11(10)15-14(19)16-7-8-20-12(9-16)13(17)18/h10-12H,2-9H2,1H3,(H,15,19)(H,17,18). The third kappa shape index (κ3) is 3.62. The number of aliphatic carboxylic acids is 1. The monoisotopic (exact) mass is 284 g/mol. The highest BCUT2D eigenvalue weighted by molar-refractivity contribution is 5.77. The molecule has 2 fully saturated rings. The van der Waals surface area contributed by atoms with Crippen LogP contribution in [0.5, 0.6) is 0 Å². The van der Waals surface area contributed by atoms with Gasteiger partial charge in [0.05, 0.1) is 13.2 Å². The van der Waals surface area contributed by atoms with Gasteiger partial charge in [-0.05, 0) is 18.8 Å². The average molecular weight is 284 g/mol. The molecule has 1 saturated heterocycles. The Balaban J connectivity index is 1.88. The number of carboxylic acids is 1. The molecule has 1 heterocycles. The second kappa shape index (κ2) is 6.92. The van der Waals surface area contributed by atoms with Crippen LogP contribution in [-0.4, -0.2) is 53.8 Å². The molecular weight excluding hydrogens is 260 g/mol. The minimum absolute atomic E-state index is 0.130. The van der Waals surface area contributed by atoms with Gasteiger partial charge in [0.1, 0.15) is 0 Å². The van der Waals surface area contributed by atoms with Crippen LogP contribution in [0.3, 0.4) is 0 Å². The topological polar surface area (TPSA) is 78.9 Å². The number of carbonyl (C=O) groups excluding carboxylic acids is 1. The number of hydrogen-bond donors (Lipinski definition) is 2. The molecule has 2 rings (SSSR count). The lowest BCUT2D eigenvalue weighted by molar-refractivity contribution is -0.154. The van der Waals surface area contributed by atoms with Gasteiger partial charge in [0.15, 0.2) is 6.10 Å². The lowest BCUT2D eigenvalue weighted by Crippen LogP contribution is -2.54. The second-order valence-corrected chi connectivity index (χ2v) is 5.65. The quantitative estimate of drug-likeness (QED) is 0.822. The van der Waals surface area contributed by atoms with Crippen LogP contribution in [0.4, 0.5) is 4.79 Å². The van der Waals surface area contributed by atoms with Gasteiger partial charge in [0.25, 0.3) is 0 Å². The molecule has 3 unspecified atom stereocenters. The predicted octanol–water partition coefficient (Wildman–Crippen LogP) is 1.45. The van der Waals surface area contributed by atoms with Crippen molar-refractivity contribution in [3.63, 3.8) is 0 Å². The molecule has 6 nitrogen and oxygen atoms in total. The van der Waals surface area contributed by atoms with Crippen molar-refractivity contribution in [1.82, 2.24) is 10.2 Å². The van der Waals surface area contributed by atoms with E-state index in [1.54, 1.807) is 4.90 Å². The highest BCUT2D eigenvalue weighted by atomic mass is 16.5. The highest BCUT2D eigenvalue weighted by Crippen LogP contribution is 2.27. The Labute approximate surface area is 119 Å². The Bertz CT molecular complexity index is 361. The summed E-state index contributed by atoms with van der Waals surface area (Å²) in [5.41, 5.74) is 0. The zero-order valence-electron chi connectivity index (χ0n) is 12.0. The average Bonchev–Trinajstić information content (AvgIpc) is 2.48. The fraction of sp³-hybridized carbons (Fsp3) is 0.857. The van der Waals surface area contributed by atoms with Crippen molar-refractivity contribution >= 4 is 12.0 Å². The molecule has 0 bridgehead atoms. The van der Waals surface area contributed by atoms with Crippen molar-refractivity contribution in [3.8, 4) is 0 Å². The number of carbonyl (C=O) groups is 2. The Morgan fingerprint density at radius 2 is 2.10 bits per heavy atom. The van der Waals surface area contributed by atoms with Crippen LogP contribution in [0.2, 0.25) is 0 Å². The molecule has 0 spiro atoms. The SMILES string of the molecule is CCC1CCCCC1NC(=O)N1CCOC(C(=O)O)C1. The molecule has 2 aliphatic rings. The largest absolute Gasteiger partial charge is 0.479 e. The summed E-state index contributed by atoms with van der Waals surface area (Å²) in [6.45, 7) is 3.03. The third-order valence-corrected chi connectivity index (χ3v) is 4.37. The molecule has 0 aromatic carbocycles. The number of urea groups is 1. The molecule has 20 heavy (non-hydrogen) atoms. The normalized spacial score (nSPS) is 30.9. The predicted molar refractivity (Wildman–Crippen MR) is 73.5 cm³/mol. The van der Waals surface area contributed by atoms with E-state index in [0.717, 1.165) is 19.3 Å². The van der Waals surface area contributed by atoms with Crippen LogP contribution in [0.1, 0.15) is 39.0 Å². The summed E-state index contributed by atoms with van der Waals surface area (Å²) in [7, 11) is 0. The van der Waals surface area contributed by atoms with Crippen LogP contribution in [0.25, 0.3) is 0 Å². The minimum atomic E-state index is -1.01. The van der Waals surface area contributed by atoms with E-state index < -0.39 is 12.1 Å². The first-order valence-corrected chi connectivity index (χ1v) is 7.51. The Morgan fingerprint density at radius 1 is 1.35 bits per heavy atom. The first-order chi connectivity index (χ1) is 9.61. The summed E-state index contributed by atoms with van der Waals surface area (Å²) in [5.74, 6) is -0.462. The van der Waals surface area contributed by atoms with Crippen LogP contribution in [-0.2, 0) is 9.53 Å². The van der Waals surface area contributed by atoms with E-state index in [0.29, 0.717) is 12.5 Å². The molecule has 2 N–H and O–H groups in total. The van der Waals surface area contributed by atoms with E-state index in [4.69, 9.17) is 9.84 Å². The molecule has 3 atom stereocenters. The number of rotatable bonds is 3. The highest BCUT2D eigenvalue weighted by Gasteiger charge is 2.31. The second-order valence-electron chi connectivity index (χ2n) is 5.65. The molecule has 6 heteroatoms. The summed E-state index contributed by atoms with van der Waals surface area (Å²) in [5, 5.41) is 12.0. The van der Waals surface area contributed by atoms with E-state index >= 15 is 0 Å². The maximum atomic E-state index is 12.3. The van der Waals surface area contributed by atoms with E-state index in [2.05, 4.69) is 12.2 Å². The van der Waals surface area contributed by atoms with Gasteiger partial charge in [0, 0.05) is 12.6 Å². The maximum Gasteiger partial charge on any atom is 0.334 e. The lowest BCUT2D eigenvalue weighted by Gasteiger charge is -2.36. The van der Waals surface area contributed by atoms with Crippen LogP contribution >= 0.6 is 0 Å². The first-order valence-electron chi connectivity index (χ1n) is 7.51. The van der Waals surface area contributed by atoms with E-state index in [1.807, 2.05) is 0 Å². The summed E-state index contributed by atoms with van der Waals surface area (Å²) >= 11 is 0. The smallest absolute Gasteiger partial charge is 0.334 e. The molecule has 0 aromatic rings. The van der Waals surface area contributed by atoms with Gasteiger partial charge in [-0.1, -0.05) is 26.2 Å². The van der Waals surface area contributed by atoms with Crippen LogP contribution in [0, 0.1) is 5.92 Å². The molecule has 1 aliphatic heterocycles. The van der Waals surface area contributed by atoms with Crippen LogP contribution < -0.4 is 5.32 Å². The summed E-state index contributed by atoms with van der Waals surface area (Å²) in [6, 6.07) is 0.0808. The molecule has 2 amide bonds. The van der Waals surface area contributed by atoms with E-state index in [9.17, 15) is 9.59 Å². The van der Waals surface area contributed by atoms with Crippen molar-refractivity contribution < 1.29 is 19.4 Å². The number of hydrogen-bond acceptors (Lipinski definition) is 3. The van der Waals surface area contributed by atoms with Crippen LogP contribution in [0.15, 0.2) is 0 Å². The van der Waals surface area contributed by atoms with Gasteiger partial charge in [0.2, 0.25) is 0 Å². The number of ether oxygens (including phenoxy) is 1. The van der Waals surface area contributed by atoms with Crippen molar-refractivity contribution in [2.75, 3.05) is 19.7 Å². The van der Waals surface area contributed by atoms with Crippen molar-refractivity contribution in [2.24, 2.45) is 5.92 Å². The number of carboxylic acid groups (broad SMARTS) is 1. The zero-order chi connectivity index (χ0) is 14.5. The number of nitrogens with zero attached hydrogens (tertiary/aromatic N) is 1.